The summed E-state index contributed by atoms with van der Waals surface area (Å²) in [5, 5.41) is 8.69. The molecule has 4 aromatic carbocycles. The van der Waals surface area contributed by atoms with E-state index in [2.05, 4.69) is 15.8 Å². The first-order valence-electron chi connectivity index (χ1n) is 10.7. The zero-order valence-corrected chi connectivity index (χ0v) is 19.2. The number of fused-ring (bicyclic) bond motifs is 1. The predicted octanol–water partition coefficient (Wildman–Crippen LogP) is 4.59. The molecule has 0 saturated carbocycles. The summed E-state index contributed by atoms with van der Waals surface area (Å²) in [5.41, 5.74) is 3.88. The maximum absolute atomic E-state index is 12.5. The van der Waals surface area contributed by atoms with Crippen LogP contribution in [-0.2, 0) is 4.79 Å². The Hall–Kier alpha value is -4.49. The largest absolute Gasteiger partial charge is 0.423 e. The van der Waals surface area contributed by atoms with E-state index in [0.29, 0.717) is 27.5 Å². The summed E-state index contributed by atoms with van der Waals surface area (Å²) in [7, 11) is 0. The first-order valence-corrected chi connectivity index (χ1v) is 11.0. The van der Waals surface area contributed by atoms with Crippen molar-refractivity contribution in [2.75, 3.05) is 6.54 Å². The van der Waals surface area contributed by atoms with Crippen LogP contribution in [0.15, 0.2) is 96.1 Å². The molecule has 174 valence electrons. The van der Waals surface area contributed by atoms with Crippen LogP contribution >= 0.6 is 11.6 Å². The van der Waals surface area contributed by atoms with Gasteiger partial charge in [-0.05, 0) is 64.9 Å². The number of hydrazone groups is 1. The van der Waals surface area contributed by atoms with E-state index < -0.39 is 11.9 Å². The Balaban J connectivity index is 1.26. The summed E-state index contributed by atoms with van der Waals surface area (Å²) in [4.78, 5) is 36.7. The molecule has 0 fully saturated rings. The molecule has 4 aromatic rings. The number of carbonyl (C=O) groups is 3. The summed E-state index contributed by atoms with van der Waals surface area (Å²) < 4.78 is 5.32. The summed E-state index contributed by atoms with van der Waals surface area (Å²) in [6.45, 7) is -0.224. The first kappa shape index (κ1) is 23.7. The van der Waals surface area contributed by atoms with Crippen molar-refractivity contribution in [3.63, 3.8) is 0 Å². The van der Waals surface area contributed by atoms with Crippen molar-refractivity contribution in [1.29, 1.82) is 0 Å². The smallest absolute Gasteiger partial charge is 0.343 e. The molecule has 0 aliphatic rings. The molecule has 0 saturated heterocycles. The van der Waals surface area contributed by atoms with E-state index in [-0.39, 0.29) is 12.5 Å². The summed E-state index contributed by atoms with van der Waals surface area (Å²) in [6.07, 6.45) is 1.44. The van der Waals surface area contributed by atoms with Gasteiger partial charge in [-0.1, -0.05) is 54.1 Å². The van der Waals surface area contributed by atoms with Crippen molar-refractivity contribution in [2.45, 2.75) is 0 Å². The summed E-state index contributed by atoms with van der Waals surface area (Å²) >= 11 is 5.89. The maximum Gasteiger partial charge on any atom is 0.343 e. The zero-order chi connectivity index (χ0) is 24.6. The van der Waals surface area contributed by atoms with Crippen molar-refractivity contribution in [3.8, 4) is 5.75 Å². The van der Waals surface area contributed by atoms with Crippen LogP contribution in [-0.4, -0.2) is 30.5 Å². The van der Waals surface area contributed by atoms with Crippen LogP contribution in [0.5, 0.6) is 5.75 Å². The number of hydrogen-bond acceptors (Lipinski definition) is 5. The molecule has 0 radical (unpaired) electrons. The Morgan fingerprint density at radius 2 is 1.63 bits per heavy atom. The van der Waals surface area contributed by atoms with Gasteiger partial charge in [-0.2, -0.15) is 5.10 Å². The third-order valence-electron chi connectivity index (χ3n) is 5.00. The topological polar surface area (TPSA) is 96.9 Å². The molecule has 8 heteroatoms. The number of halogens is 1. The molecular weight excluding hydrogens is 466 g/mol. The molecule has 0 aliphatic carbocycles. The Labute approximate surface area is 206 Å². The van der Waals surface area contributed by atoms with E-state index in [0.717, 1.165) is 10.8 Å². The molecule has 0 unspecified atom stereocenters. The highest BCUT2D eigenvalue weighted by molar-refractivity contribution is 6.30. The van der Waals surface area contributed by atoms with E-state index in [1.807, 2.05) is 30.3 Å². The predicted molar refractivity (Wildman–Crippen MR) is 135 cm³/mol. The molecule has 7 nitrogen and oxygen atoms in total. The molecule has 35 heavy (non-hydrogen) atoms. The lowest BCUT2D eigenvalue weighted by molar-refractivity contribution is -0.120. The average Bonchev–Trinajstić information content (AvgIpc) is 2.88. The third kappa shape index (κ3) is 6.31. The van der Waals surface area contributed by atoms with E-state index >= 15 is 0 Å². The number of benzene rings is 4. The molecular formula is C27H20ClN3O4. The molecule has 0 heterocycles. The SMILES string of the molecule is O=C(CNC(=O)c1cccc2ccccc12)N/N=C/c1ccc(OC(=O)c2cccc(Cl)c2)cc1. The van der Waals surface area contributed by atoms with Gasteiger partial charge in [0.2, 0.25) is 0 Å². The second kappa shape index (κ2) is 11.1. The van der Waals surface area contributed by atoms with Crippen molar-refractivity contribution >= 4 is 46.4 Å². The van der Waals surface area contributed by atoms with Crippen LogP contribution in [0.3, 0.4) is 0 Å². The monoisotopic (exact) mass is 485 g/mol. The molecule has 0 atom stereocenters. The van der Waals surface area contributed by atoms with Gasteiger partial charge < -0.3 is 10.1 Å². The van der Waals surface area contributed by atoms with Gasteiger partial charge in [0, 0.05) is 10.6 Å². The van der Waals surface area contributed by atoms with Crippen LogP contribution in [0.25, 0.3) is 10.8 Å². The maximum atomic E-state index is 12.5. The highest BCUT2D eigenvalue weighted by Crippen LogP contribution is 2.18. The Kier molecular flexibility index (Phi) is 7.50. The highest BCUT2D eigenvalue weighted by atomic mass is 35.5. The van der Waals surface area contributed by atoms with E-state index in [9.17, 15) is 14.4 Å². The number of esters is 1. The number of amides is 2. The van der Waals surface area contributed by atoms with Crippen molar-refractivity contribution < 1.29 is 19.1 Å². The number of rotatable bonds is 7. The van der Waals surface area contributed by atoms with Gasteiger partial charge in [-0.25, -0.2) is 10.2 Å². The number of carbonyl (C=O) groups excluding carboxylic acids is 3. The van der Waals surface area contributed by atoms with E-state index in [4.69, 9.17) is 16.3 Å². The lowest BCUT2D eigenvalue weighted by Gasteiger charge is -2.07. The molecule has 0 bridgehead atoms. The van der Waals surface area contributed by atoms with E-state index in [1.165, 1.54) is 12.3 Å². The van der Waals surface area contributed by atoms with Gasteiger partial charge >= 0.3 is 5.97 Å². The molecule has 2 N–H and O–H groups in total. The highest BCUT2D eigenvalue weighted by Gasteiger charge is 2.11. The standard InChI is InChI=1S/C27H20ClN3O4/c28-21-8-3-7-20(15-21)27(34)35-22-13-11-18(12-14-22)16-30-31-25(32)17-29-26(33)24-10-4-6-19-5-1-2-9-23(19)24/h1-16H,17H2,(H,29,33)(H,31,32)/b30-16+. The third-order valence-corrected chi connectivity index (χ3v) is 5.23. The molecule has 4 rings (SSSR count). The van der Waals surface area contributed by atoms with Gasteiger partial charge in [0.15, 0.2) is 0 Å². The lowest BCUT2D eigenvalue weighted by Crippen LogP contribution is -2.35. The van der Waals surface area contributed by atoms with Crippen LogP contribution in [0.4, 0.5) is 0 Å². The number of ether oxygens (including phenoxy) is 1. The summed E-state index contributed by atoms with van der Waals surface area (Å²) in [6, 6.07) is 26.0. The Morgan fingerprint density at radius 3 is 2.43 bits per heavy atom. The minimum Gasteiger partial charge on any atom is -0.423 e. The molecule has 0 aliphatic heterocycles. The fourth-order valence-electron chi connectivity index (χ4n) is 3.30. The van der Waals surface area contributed by atoms with E-state index in [1.54, 1.807) is 54.6 Å². The Bertz CT molecular complexity index is 1410. The minimum absolute atomic E-state index is 0.224. The van der Waals surface area contributed by atoms with Gasteiger partial charge in [-0.15, -0.1) is 0 Å². The quantitative estimate of drug-likeness (QED) is 0.173. The molecule has 0 aromatic heterocycles. The number of hydrogen-bond donors (Lipinski definition) is 2. The van der Waals surface area contributed by atoms with Crippen molar-refractivity contribution in [3.05, 3.63) is 113 Å². The number of nitrogens with zero attached hydrogens (tertiary/aromatic N) is 1. The molecule has 2 amide bonds. The van der Waals surface area contributed by atoms with Crippen LogP contribution < -0.4 is 15.5 Å². The van der Waals surface area contributed by atoms with Gasteiger partial charge in [0.05, 0.1) is 18.3 Å². The lowest BCUT2D eigenvalue weighted by atomic mass is 10.0. The Morgan fingerprint density at radius 1 is 0.886 bits per heavy atom. The fourth-order valence-corrected chi connectivity index (χ4v) is 3.49. The van der Waals surface area contributed by atoms with Crippen LogP contribution in [0, 0.1) is 0 Å². The molecule has 0 spiro atoms. The second-order valence-corrected chi connectivity index (χ2v) is 7.91. The van der Waals surface area contributed by atoms with Crippen molar-refractivity contribution in [1.82, 2.24) is 10.7 Å². The summed E-state index contributed by atoms with van der Waals surface area (Å²) in [5.74, 6) is -0.982. The average molecular weight is 486 g/mol. The van der Waals surface area contributed by atoms with Gasteiger partial charge in [0.1, 0.15) is 5.75 Å². The van der Waals surface area contributed by atoms with Crippen molar-refractivity contribution in [2.24, 2.45) is 5.10 Å². The fraction of sp³-hybridized carbons (Fsp3) is 0.0370. The second-order valence-electron chi connectivity index (χ2n) is 7.47. The van der Waals surface area contributed by atoms with Gasteiger partial charge in [-0.3, -0.25) is 9.59 Å². The minimum atomic E-state index is -0.522. The normalized spacial score (nSPS) is 10.8. The zero-order valence-electron chi connectivity index (χ0n) is 18.4. The van der Waals surface area contributed by atoms with Crippen LogP contribution in [0.1, 0.15) is 26.3 Å². The number of nitrogens with one attached hydrogen (secondary N) is 2. The van der Waals surface area contributed by atoms with Gasteiger partial charge in [0.25, 0.3) is 11.8 Å². The van der Waals surface area contributed by atoms with Crippen LogP contribution in [0.2, 0.25) is 5.02 Å². The first-order chi connectivity index (χ1) is 17.0.